The highest BCUT2D eigenvalue weighted by atomic mass is 35.5. The van der Waals surface area contributed by atoms with E-state index in [9.17, 15) is 0 Å². The third-order valence-corrected chi connectivity index (χ3v) is 3.91. The van der Waals surface area contributed by atoms with E-state index >= 15 is 0 Å². The van der Waals surface area contributed by atoms with Crippen molar-refractivity contribution in [2.75, 3.05) is 17.2 Å². The average molecular weight is 369 g/mol. The number of nitrogens with one attached hydrogen (secondary N) is 2. The van der Waals surface area contributed by atoms with Gasteiger partial charge in [0.15, 0.2) is 0 Å². The lowest BCUT2D eigenvalue weighted by Crippen LogP contribution is -2.05. The first kappa shape index (κ1) is 18.0. The first-order chi connectivity index (χ1) is 12.6. The first-order valence-corrected chi connectivity index (χ1v) is 8.84. The predicted octanol–water partition coefficient (Wildman–Crippen LogP) is 5.19. The third-order valence-electron chi connectivity index (χ3n) is 3.66. The Balaban J connectivity index is 1.67. The zero-order valence-corrected chi connectivity index (χ0v) is 15.5. The van der Waals surface area contributed by atoms with Crippen LogP contribution in [0.5, 0.6) is 5.75 Å². The van der Waals surface area contributed by atoms with Gasteiger partial charge >= 0.3 is 0 Å². The number of benzene rings is 2. The van der Waals surface area contributed by atoms with Crippen LogP contribution in [-0.2, 0) is 6.54 Å². The minimum atomic E-state index is 0.549. The van der Waals surface area contributed by atoms with Crippen LogP contribution in [-0.4, -0.2) is 16.6 Å². The van der Waals surface area contributed by atoms with Crippen LogP contribution in [0.4, 0.5) is 17.5 Å². The van der Waals surface area contributed by atoms with Crippen molar-refractivity contribution < 1.29 is 4.74 Å². The van der Waals surface area contributed by atoms with Crippen molar-refractivity contribution in [2.45, 2.75) is 20.4 Å². The fraction of sp³-hybridized carbons (Fsp3) is 0.200. The Bertz CT molecular complexity index is 851. The van der Waals surface area contributed by atoms with Gasteiger partial charge in [0.05, 0.1) is 6.61 Å². The Morgan fingerprint density at radius 1 is 1.00 bits per heavy atom. The van der Waals surface area contributed by atoms with Gasteiger partial charge in [0.25, 0.3) is 0 Å². The van der Waals surface area contributed by atoms with E-state index in [0.29, 0.717) is 19.1 Å². The summed E-state index contributed by atoms with van der Waals surface area (Å²) in [5.41, 5.74) is 2.92. The Hall–Kier alpha value is -2.79. The predicted molar refractivity (Wildman–Crippen MR) is 106 cm³/mol. The fourth-order valence-corrected chi connectivity index (χ4v) is 2.57. The van der Waals surface area contributed by atoms with Gasteiger partial charge in [-0.15, -0.1) is 0 Å². The van der Waals surface area contributed by atoms with Crippen molar-refractivity contribution >= 4 is 29.1 Å². The smallest absolute Gasteiger partial charge is 0.229 e. The number of ether oxygens (including phenoxy) is 1. The van der Waals surface area contributed by atoms with Crippen molar-refractivity contribution in [3.05, 3.63) is 70.9 Å². The van der Waals surface area contributed by atoms with E-state index in [-0.39, 0.29) is 0 Å². The molecule has 2 aromatic carbocycles. The van der Waals surface area contributed by atoms with Crippen molar-refractivity contribution in [1.82, 2.24) is 9.97 Å². The summed E-state index contributed by atoms with van der Waals surface area (Å²) >= 11 is 5.92. The van der Waals surface area contributed by atoms with E-state index in [0.717, 1.165) is 33.5 Å². The number of nitrogens with zero attached hydrogens (tertiary/aromatic N) is 2. The van der Waals surface area contributed by atoms with Gasteiger partial charge in [-0.25, -0.2) is 4.98 Å². The molecular formula is C20H21ClN4O. The maximum Gasteiger partial charge on any atom is 0.229 e. The molecule has 0 spiro atoms. The number of hydrogen-bond acceptors (Lipinski definition) is 5. The molecule has 3 rings (SSSR count). The summed E-state index contributed by atoms with van der Waals surface area (Å²) in [6, 6.07) is 17.4. The first-order valence-electron chi connectivity index (χ1n) is 8.46. The van der Waals surface area contributed by atoms with Gasteiger partial charge < -0.3 is 15.4 Å². The molecule has 134 valence electrons. The summed E-state index contributed by atoms with van der Waals surface area (Å²) in [5.74, 6) is 2.15. The molecule has 0 fully saturated rings. The summed E-state index contributed by atoms with van der Waals surface area (Å²) in [5, 5.41) is 7.27. The molecule has 0 unspecified atom stereocenters. The maximum atomic E-state index is 5.92. The molecule has 2 N–H and O–H groups in total. The van der Waals surface area contributed by atoms with Crippen LogP contribution in [0.1, 0.15) is 18.2 Å². The molecule has 1 heterocycles. The number of hydrogen-bond donors (Lipinski definition) is 2. The number of halogens is 1. The van der Waals surface area contributed by atoms with Gasteiger partial charge in [0, 0.05) is 29.0 Å². The van der Waals surface area contributed by atoms with Crippen molar-refractivity contribution in [1.29, 1.82) is 0 Å². The van der Waals surface area contributed by atoms with Crippen molar-refractivity contribution in [2.24, 2.45) is 0 Å². The number of rotatable bonds is 7. The zero-order valence-electron chi connectivity index (χ0n) is 14.8. The minimum absolute atomic E-state index is 0.549. The second kappa shape index (κ2) is 8.54. The van der Waals surface area contributed by atoms with Gasteiger partial charge in [-0.05, 0) is 55.8 Å². The quantitative estimate of drug-likeness (QED) is 0.600. The van der Waals surface area contributed by atoms with Crippen LogP contribution >= 0.6 is 11.6 Å². The Kier molecular flexibility index (Phi) is 5.92. The molecule has 6 heteroatoms. The van der Waals surface area contributed by atoms with E-state index in [1.165, 1.54) is 0 Å². The maximum absolute atomic E-state index is 5.92. The average Bonchev–Trinajstić information content (AvgIpc) is 2.63. The van der Waals surface area contributed by atoms with Gasteiger partial charge in [-0.2, -0.15) is 4.98 Å². The lowest BCUT2D eigenvalue weighted by Gasteiger charge is -2.11. The van der Waals surface area contributed by atoms with Crippen LogP contribution < -0.4 is 15.4 Å². The molecule has 5 nitrogen and oxygen atoms in total. The molecule has 0 radical (unpaired) electrons. The standard InChI is InChI=1S/C20H21ClN4O/c1-3-26-18-10-8-17(9-11-18)24-20-23-14(2)12-19(25-20)22-13-15-4-6-16(21)7-5-15/h4-12H,3,13H2,1-2H3,(H2,22,23,24,25). The van der Waals surface area contributed by atoms with E-state index in [1.807, 2.05) is 68.4 Å². The highest BCUT2D eigenvalue weighted by Crippen LogP contribution is 2.20. The summed E-state index contributed by atoms with van der Waals surface area (Å²) in [4.78, 5) is 8.97. The lowest BCUT2D eigenvalue weighted by molar-refractivity contribution is 0.340. The summed E-state index contributed by atoms with van der Waals surface area (Å²) < 4.78 is 5.45. The second-order valence-electron chi connectivity index (χ2n) is 5.78. The number of aryl methyl sites for hydroxylation is 1. The topological polar surface area (TPSA) is 59.1 Å². The molecule has 0 aliphatic rings. The highest BCUT2D eigenvalue weighted by molar-refractivity contribution is 6.30. The minimum Gasteiger partial charge on any atom is -0.494 e. The van der Waals surface area contributed by atoms with Gasteiger partial charge in [0.1, 0.15) is 11.6 Å². The van der Waals surface area contributed by atoms with E-state index in [4.69, 9.17) is 16.3 Å². The second-order valence-corrected chi connectivity index (χ2v) is 6.22. The number of anilines is 3. The Labute approximate surface area is 158 Å². The summed E-state index contributed by atoms with van der Waals surface area (Å²) in [6.45, 7) is 5.22. The molecule has 1 aromatic heterocycles. The molecule has 0 aliphatic carbocycles. The van der Waals surface area contributed by atoms with Crippen LogP contribution in [0, 0.1) is 6.92 Å². The van der Waals surface area contributed by atoms with E-state index in [2.05, 4.69) is 20.6 Å². The molecule has 0 saturated heterocycles. The molecule has 0 saturated carbocycles. The number of aromatic nitrogens is 2. The zero-order chi connectivity index (χ0) is 18.4. The van der Waals surface area contributed by atoms with Crippen molar-refractivity contribution in [3.8, 4) is 5.75 Å². The molecule has 26 heavy (non-hydrogen) atoms. The van der Waals surface area contributed by atoms with Gasteiger partial charge in [-0.1, -0.05) is 23.7 Å². The molecule has 0 bridgehead atoms. The lowest BCUT2D eigenvalue weighted by atomic mass is 10.2. The van der Waals surface area contributed by atoms with Crippen LogP contribution in [0.25, 0.3) is 0 Å². The van der Waals surface area contributed by atoms with Crippen LogP contribution in [0.15, 0.2) is 54.6 Å². The summed E-state index contributed by atoms with van der Waals surface area (Å²) in [6.07, 6.45) is 0. The summed E-state index contributed by atoms with van der Waals surface area (Å²) in [7, 11) is 0. The Morgan fingerprint density at radius 3 is 2.42 bits per heavy atom. The van der Waals surface area contributed by atoms with Crippen LogP contribution in [0.3, 0.4) is 0 Å². The largest absolute Gasteiger partial charge is 0.494 e. The van der Waals surface area contributed by atoms with E-state index < -0.39 is 0 Å². The highest BCUT2D eigenvalue weighted by Gasteiger charge is 2.04. The van der Waals surface area contributed by atoms with Crippen LogP contribution in [0.2, 0.25) is 5.02 Å². The molecular weight excluding hydrogens is 348 g/mol. The molecule has 0 aliphatic heterocycles. The monoisotopic (exact) mass is 368 g/mol. The third kappa shape index (κ3) is 5.10. The fourth-order valence-electron chi connectivity index (χ4n) is 2.44. The molecule has 0 atom stereocenters. The molecule has 3 aromatic rings. The normalized spacial score (nSPS) is 10.4. The molecule has 0 amide bonds. The van der Waals surface area contributed by atoms with Gasteiger partial charge in [-0.3, -0.25) is 0 Å². The van der Waals surface area contributed by atoms with E-state index in [1.54, 1.807) is 0 Å². The SMILES string of the molecule is CCOc1ccc(Nc2nc(C)cc(NCc3ccc(Cl)cc3)n2)cc1. The van der Waals surface area contributed by atoms with Gasteiger partial charge in [0.2, 0.25) is 5.95 Å². The van der Waals surface area contributed by atoms with Crippen molar-refractivity contribution in [3.63, 3.8) is 0 Å². The Morgan fingerprint density at radius 2 is 1.73 bits per heavy atom.